The predicted molar refractivity (Wildman–Crippen MR) is 50.3 cm³/mol. The van der Waals surface area contributed by atoms with Crippen molar-refractivity contribution in [2.45, 2.75) is 6.54 Å². The maximum Gasteiger partial charge on any atom is 0.338 e. The molecule has 2 N–H and O–H groups in total. The normalized spacial score (nSPS) is 9.47. The van der Waals surface area contributed by atoms with Gasteiger partial charge in [-0.25, -0.2) is 9.18 Å². The second-order valence-electron chi connectivity index (χ2n) is 2.76. The van der Waals surface area contributed by atoms with Crippen LogP contribution in [0.25, 0.3) is 0 Å². The first-order valence-corrected chi connectivity index (χ1v) is 4.15. The number of nitrogens with zero attached hydrogens (tertiary/aromatic N) is 1. The van der Waals surface area contributed by atoms with E-state index >= 15 is 0 Å². The lowest BCUT2D eigenvalue weighted by Crippen LogP contribution is -2.12. The summed E-state index contributed by atoms with van der Waals surface area (Å²) in [6, 6.07) is 4.22. The van der Waals surface area contributed by atoms with Crippen LogP contribution in [0.5, 0.6) is 0 Å². The lowest BCUT2D eigenvalue weighted by Gasteiger charge is -2.07. The number of nitrogens with two attached hydrogens (primary N) is 1. The van der Waals surface area contributed by atoms with Crippen LogP contribution in [-0.2, 0) is 11.3 Å². The maximum atomic E-state index is 13.5. The van der Waals surface area contributed by atoms with Gasteiger partial charge in [-0.15, -0.1) is 0 Å². The van der Waals surface area contributed by atoms with Crippen LogP contribution >= 0.6 is 0 Å². The molecule has 0 aromatic heterocycles. The van der Waals surface area contributed by atoms with E-state index in [0.29, 0.717) is 0 Å². The number of carbonyl (C=O) groups excluding carboxylic acids is 1. The van der Waals surface area contributed by atoms with Crippen LogP contribution in [0.15, 0.2) is 12.1 Å². The number of hydrogen-bond donors (Lipinski definition) is 1. The van der Waals surface area contributed by atoms with Gasteiger partial charge >= 0.3 is 5.97 Å². The molecule has 0 aliphatic carbocycles. The van der Waals surface area contributed by atoms with E-state index in [1.54, 1.807) is 6.07 Å². The van der Waals surface area contributed by atoms with Crippen LogP contribution in [0.1, 0.15) is 21.5 Å². The first-order chi connectivity index (χ1) is 7.15. The van der Waals surface area contributed by atoms with Crippen molar-refractivity contribution in [3.63, 3.8) is 0 Å². The molecule has 0 atom stereocenters. The third kappa shape index (κ3) is 1.95. The molecule has 1 aromatic carbocycles. The largest absolute Gasteiger partial charge is 0.465 e. The van der Waals surface area contributed by atoms with Gasteiger partial charge in [-0.2, -0.15) is 5.26 Å². The molecule has 0 fully saturated rings. The number of esters is 1. The van der Waals surface area contributed by atoms with Gasteiger partial charge in [0, 0.05) is 12.1 Å². The van der Waals surface area contributed by atoms with Gasteiger partial charge in [0.15, 0.2) is 0 Å². The van der Waals surface area contributed by atoms with Crippen molar-refractivity contribution in [2.24, 2.45) is 5.73 Å². The zero-order valence-corrected chi connectivity index (χ0v) is 8.08. The summed E-state index contributed by atoms with van der Waals surface area (Å²) in [4.78, 5) is 11.2. The van der Waals surface area contributed by atoms with Crippen molar-refractivity contribution in [2.75, 3.05) is 7.11 Å². The SMILES string of the molecule is COC(=O)c1ccc(C#N)c(F)c1CN. The van der Waals surface area contributed by atoms with Crippen LogP contribution in [0.2, 0.25) is 0 Å². The van der Waals surface area contributed by atoms with Crippen LogP contribution in [0.3, 0.4) is 0 Å². The summed E-state index contributed by atoms with van der Waals surface area (Å²) in [6.45, 7) is -0.161. The fraction of sp³-hybridized carbons (Fsp3) is 0.200. The van der Waals surface area contributed by atoms with E-state index in [-0.39, 0.29) is 23.2 Å². The van der Waals surface area contributed by atoms with E-state index in [9.17, 15) is 9.18 Å². The van der Waals surface area contributed by atoms with Gasteiger partial charge < -0.3 is 10.5 Å². The number of nitriles is 1. The van der Waals surface area contributed by atoms with E-state index in [1.165, 1.54) is 19.2 Å². The standard InChI is InChI=1S/C10H9FN2O2/c1-15-10(14)7-3-2-6(4-12)9(11)8(7)5-13/h2-3H,5,13H2,1H3. The molecule has 0 saturated heterocycles. The summed E-state index contributed by atoms with van der Waals surface area (Å²) < 4.78 is 18.0. The summed E-state index contributed by atoms with van der Waals surface area (Å²) in [5, 5.41) is 8.58. The molecule has 0 heterocycles. The summed E-state index contributed by atoms with van der Waals surface area (Å²) in [7, 11) is 1.19. The van der Waals surface area contributed by atoms with Crippen molar-refractivity contribution in [1.29, 1.82) is 5.26 Å². The summed E-state index contributed by atoms with van der Waals surface area (Å²) >= 11 is 0. The van der Waals surface area contributed by atoms with Crippen molar-refractivity contribution in [3.05, 3.63) is 34.6 Å². The van der Waals surface area contributed by atoms with Gasteiger partial charge in [0.05, 0.1) is 18.2 Å². The van der Waals surface area contributed by atoms with Gasteiger partial charge in [-0.05, 0) is 12.1 Å². The first-order valence-electron chi connectivity index (χ1n) is 4.15. The monoisotopic (exact) mass is 208 g/mol. The average molecular weight is 208 g/mol. The molecule has 0 bridgehead atoms. The van der Waals surface area contributed by atoms with Crippen LogP contribution in [0.4, 0.5) is 4.39 Å². The van der Waals surface area contributed by atoms with Crippen molar-refractivity contribution < 1.29 is 13.9 Å². The quantitative estimate of drug-likeness (QED) is 0.734. The summed E-state index contributed by atoms with van der Waals surface area (Å²) in [5.41, 5.74) is 5.23. The number of hydrogen-bond acceptors (Lipinski definition) is 4. The number of rotatable bonds is 2. The van der Waals surface area contributed by atoms with Gasteiger partial charge in [-0.3, -0.25) is 0 Å². The molecule has 1 rings (SSSR count). The molecule has 0 aliphatic heterocycles. The Morgan fingerprint density at radius 2 is 2.33 bits per heavy atom. The number of ether oxygens (including phenoxy) is 1. The Morgan fingerprint density at radius 1 is 1.67 bits per heavy atom. The second kappa shape index (κ2) is 4.53. The first kappa shape index (κ1) is 11.1. The minimum Gasteiger partial charge on any atom is -0.465 e. The zero-order valence-electron chi connectivity index (χ0n) is 8.08. The Labute approximate surface area is 86.1 Å². The zero-order chi connectivity index (χ0) is 11.4. The highest BCUT2D eigenvalue weighted by Gasteiger charge is 2.17. The smallest absolute Gasteiger partial charge is 0.338 e. The lowest BCUT2D eigenvalue weighted by atomic mass is 10.0. The molecule has 1 aromatic rings. The van der Waals surface area contributed by atoms with Crippen LogP contribution < -0.4 is 5.73 Å². The molecule has 0 unspecified atom stereocenters. The molecular weight excluding hydrogens is 199 g/mol. The summed E-state index contributed by atoms with van der Waals surface area (Å²) in [6.07, 6.45) is 0. The van der Waals surface area contributed by atoms with Crippen molar-refractivity contribution in [3.8, 4) is 6.07 Å². The molecule has 0 amide bonds. The van der Waals surface area contributed by atoms with E-state index in [0.717, 1.165) is 0 Å². The molecule has 15 heavy (non-hydrogen) atoms. The highest BCUT2D eigenvalue weighted by molar-refractivity contribution is 5.91. The fourth-order valence-electron chi connectivity index (χ4n) is 1.21. The molecule has 4 nitrogen and oxygen atoms in total. The van der Waals surface area contributed by atoms with Crippen LogP contribution in [0, 0.1) is 17.1 Å². The maximum absolute atomic E-state index is 13.5. The Bertz CT molecular complexity index is 438. The number of halogens is 1. The number of methoxy groups -OCH3 is 1. The minimum absolute atomic E-state index is 0.000833. The molecular formula is C10H9FN2O2. The Hall–Kier alpha value is -1.93. The Morgan fingerprint density at radius 3 is 2.80 bits per heavy atom. The number of carbonyl (C=O) groups is 1. The van der Waals surface area contributed by atoms with Gasteiger partial charge in [0.25, 0.3) is 0 Å². The van der Waals surface area contributed by atoms with E-state index in [4.69, 9.17) is 11.0 Å². The van der Waals surface area contributed by atoms with E-state index in [1.807, 2.05) is 0 Å². The van der Waals surface area contributed by atoms with Crippen molar-refractivity contribution >= 4 is 5.97 Å². The third-order valence-electron chi connectivity index (χ3n) is 1.97. The van der Waals surface area contributed by atoms with Gasteiger partial charge in [-0.1, -0.05) is 0 Å². The van der Waals surface area contributed by atoms with Gasteiger partial charge in [0.1, 0.15) is 11.9 Å². The Kier molecular flexibility index (Phi) is 3.37. The fourth-order valence-corrected chi connectivity index (χ4v) is 1.21. The lowest BCUT2D eigenvalue weighted by molar-refractivity contribution is 0.0599. The topological polar surface area (TPSA) is 76.1 Å². The molecule has 0 radical (unpaired) electrons. The number of benzene rings is 1. The van der Waals surface area contributed by atoms with E-state index < -0.39 is 11.8 Å². The third-order valence-corrected chi connectivity index (χ3v) is 1.97. The highest BCUT2D eigenvalue weighted by atomic mass is 19.1. The average Bonchev–Trinajstić information content (AvgIpc) is 2.27. The Balaban J connectivity index is 3.39. The molecule has 78 valence electrons. The highest BCUT2D eigenvalue weighted by Crippen LogP contribution is 2.17. The van der Waals surface area contributed by atoms with E-state index in [2.05, 4.69) is 4.74 Å². The summed E-state index contributed by atoms with van der Waals surface area (Å²) in [5.74, 6) is -1.43. The second-order valence-corrected chi connectivity index (χ2v) is 2.76. The van der Waals surface area contributed by atoms with Gasteiger partial charge in [0.2, 0.25) is 0 Å². The molecule has 0 aliphatic rings. The van der Waals surface area contributed by atoms with Crippen LogP contribution in [-0.4, -0.2) is 13.1 Å². The molecule has 0 spiro atoms. The van der Waals surface area contributed by atoms with Crippen molar-refractivity contribution in [1.82, 2.24) is 0 Å². The predicted octanol–water partition coefficient (Wildman–Crippen LogP) is 0.943. The minimum atomic E-state index is -0.761. The molecule has 5 heteroatoms. The molecule has 0 saturated carbocycles.